The molecule has 2 aromatic carbocycles. The Morgan fingerprint density at radius 2 is 1.96 bits per heavy atom. The molecule has 0 atom stereocenters. The number of tetrazole rings is 1. The van der Waals surface area contributed by atoms with Crippen molar-refractivity contribution in [3.05, 3.63) is 58.1 Å². The number of hydrogen-bond donors (Lipinski definition) is 1. The van der Waals surface area contributed by atoms with E-state index in [-0.39, 0.29) is 0 Å². The summed E-state index contributed by atoms with van der Waals surface area (Å²) >= 11 is 3.59. The third-order valence-electron chi connectivity index (χ3n) is 3.93. The number of nitrogens with one attached hydrogen (secondary N) is 1. The average molecular weight is 432 g/mol. The molecule has 0 aliphatic heterocycles. The number of aromatic nitrogens is 4. The van der Waals surface area contributed by atoms with Crippen LogP contribution in [0, 0.1) is 0 Å². The molecule has 0 spiro atoms. The molecule has 0 unspecified atom stereocenters. The van der Waals surface area contributed by atoms with Crippen molar-refractivity contribution in [3.8, 4) is 11.5 Å². The Morgan fingerprint density at radius 1 is 1.15 bits per heavy atom. The number of aryl methyl sites for hydroxylation is 1. The van der Waals surface area contributed by atoms with Crippen LogP contribution in [-0.2, 0) is 19.7 Å². The van der Waals surface area contributed by atoms with Crippen LogP contribution in [0.15, 0.2) is 46.9 Å². The van der Waals surface area contributed by atoms with Crippen LogP contribution in [-0.4, -0.2) is 27.3 Å². The second-order valence-corrected chi connectivity index (χ2v) is 6.82. The Morgan fingerprint density at radius 3 is 2.70 bits per heavy atom. The fraction of sp³-hybridized carbons (Fsp3) is 0.316. The molecule has 27 heavy (non-hydrogen) atoms. The number of halogens is 1. The van der Waals surface area contributed by atoms with Gasteiger partial charge in [0.1, 0.15) is 6.61 Å². The summed E-state index contributed by atoms with van der Waals surface area (Å²) in [5.74, 6) is 2.00. The second-order valence-electron chi connectivity index (χ2n) is 5.96. The minimum Gasteiger partial charge on any atom is -0.493 e. The zero-order chi connectivity index (χ0) is 19.1. The zero-order valence-corrected chi connectivity index (χ0v) is 16.9. The lowest BCUT2D eigenvalue weighted by Crippen LogP contribution is -2.09. The normalized spacial score (nSPS) is 10.6. The van der Waals surface area contributed by atoms with E-state index in [0.717, 1.165) is 28.6 Å². The predicted molar refractivity (Wildman–Crippen MR) is 107 cm³/mol. The van der Waals surface area contributed by atoms with E-state index in [1.807, 2.05) is 42.5 Å². The van der Waals surface area contributed by atoms with Crippen molar-refractivity contribution in [1.82, 2.24) is 20.2 Å². The molecule has 3 rings (SSSR count). The summed E-state index contributed by atoms with van der Waals surface area (Å²) in [5, 5.41) is 15.0. The van der Waals surface area contributed by atoms with E-state index in [2.05, 4.69) is 43.7 Å². The largest absolute Gasteiger partial charge is 0.493 e. The van der Waals surface area contributed by atoms with Crippen LogP contribution < -0.4 is 14.8 Å². The van der Waals surface area contributed by atoms with E-state index in [4.69, 9.17) is 9.47 Å². The molecule has 8 heteroatoms. The highest BCUT2D eigenvalue weighted by atomic mass is 79.9. The third kappa shape index (κ3) is 4.97. The van der Waals surface area contributed by atoms with E-state index in [1.54, 1.807) is 11.8 Å². The lowest BCUT2D eigenvalue weighted by atomic mass is 10.2. The van der Waals surface area contributed by atoms with Crippen molar-refractivity contribution in [2.75, 3.05) is 12.4 Å². The highest BCUT2D eigenvalue weighted by Crippen LogP contribution is 2.37. The molecule has 142 valence electrons. The van der Waals surface area contributed by atoms with Crippen molar-refractivity contribution in [2.45, 2.75) is 33.0 Å². The maximum atomic E-state index is 5.97. The molecule has 0 bridgehead atoms. The van der Waals surface area contributed by atoms with Crippen LogP contribution in [0.5, 0.6) is 11.5 Å². The van der Waals surface area contributed by atoms with Crippen molar-refractivity contribution in [1.29, 1.82) is 0 Å². The molecular formula is C19H22BrN5O2. The monoisotopic (exact) mass is 431 g/mol. The van der Waals surface area contributed by atoms with Crippen molar-refractivity contribution in [2.24, 2.45) is 0 Å². The average Bonchev–Trinajstić information content (AvgIpc) is 3.13. The highest BCUT2D eigenvalue weighted by molar-refractivity contribution is 9.10. The van der Waals surface area contributed by atoms with Crippen LogP contribution in [0.1, 0.15) is 24.5 Å². The van der Waals surface area contributed by atoms with Gasteiger partial charge < -0.3 is 14.8 Å². The van der Waals surface area contributed by atoms with Gasteiger partial charge in [0.05, 0.1) is 11.6 Å². The minimum atomic E-state index is 0.471. The summed E-state index contributed by atoms with van der Waals surface area (Å²) in [6.45, 7) is 3.90. The van der Waals surface area contributed by atoms with Gasteiger partial charge in [0.2, 0.25) is 5.95 Å². The van der Waals surface area contributed by atoms with Gasteiger partial charge in [-0.1, -0.05) is 42.4 Å². The number of methoxy groups -OCH3 is 1. The number of ether oxygens (including phenoxy) is 2. The second kappa shape index (κ2) is 9.36. The topological polar surface area (TPSA) is 74.1 Å². The zero-order valence-electron chi connectivity index (χ0n) is 15.4. The van der Waals surface area contributed by atoms with E-state index in [0.29, 0.717) is 30.6 Å². The van der Waals surface area contributed by atoms with Gasteiger partial charge >= 0.3 is 0 Å². The molecule has 0 radical (unpaired) electrons. The molecule has 1 heterocycles. The number of rotatable bonds is 9. The summed E-state index contributed by atoms with van der Waals surface area (Å²) in [5.41, 5.74) is 2.12. The number of benzene rings is 2. The molecule has 1 aromatic heterocycles. The van der Waals surface area contributed by atoms with Crippen molar-refractivity contribution >= 4 is 21.9 Å². The van der Waals surface area contributed by atoms with Gasteiger partial charge in [-0.15, -0.1) is 0 Å². The van der Waals surface area contributed by atoms with Gasteiger partial charge in [-0.3, -0.25) is 0 Å². The van der Waals surface area contributed by atoms with E-state index in [1.165, 1.54) is 0 Å². The van der Waals surface area contributed by atoms with Crippen molar-refractivity contribution in [3.63, 3.8) is 0 Å². The molecule has 0 aliphatic carbocycles. The number of nitrogens with zero attached hydrogens (tertiary/aromatic N) is 4. The molecule has 0 aliphatic rings. The molecule has 1 N–H and O–H groups in total. The van der Waals surface area contributed by atoms with Crippen LogP contribution in [0.4, 0.5) is 5.95 Å². The van der Waals surface area contributed by atoms with Gasteiger partial charge in [-0.05, 0) is 56.0 Å². The van der Waals surface area contributed by atoms with Gasteiger partial charge in [0.15, 0.2) is 11.5 Å². The predicted octanol–water partition coefficient (Wildman–Crippen LogP) is 4.05. The summed E-state index contributed by atoms with van der Waals surface area (Å²) in [7, 11) is 1.64. The summed E-state index contributed by atoms with van der Waals surface area (Å²) < 4.78 is 14.1. The maximum Gasteiger partial charge on any atom is 0.243 e. The standard InChI is InChI=1S/C19H22BrN5O2/c1-3-9-25-19(22-23-24-25)21-12-15-10-16(20)18(17(11-15)26-2)27-13-14-7-5-4-6-8-14/h4-8,10-11H,3,9,12-13H2,1-2H3,(H,21,22,24). The van der Waals surface area contributed by atoms with Crippen LogP contribution in [0.2, 0.25) is 0 Å². The molecule has 0 amide bonds. The fourth-order valence-electron chi connectivity index (χ4n) is 2.62. The highest BCUT2D eigenvalue weighted by Gasteiger charge is 2.13. The van der Waals surface area contributed by atoms with E-state index >= 15 is 0 Å². The summed E-state index contributed by atoms with van der Waals surface area (Å²) in [6.07, 6.45) is 0.965. The van der Waals surface area contributed by atoms with Crippen LogP contribution >= 0.6 is 15.9 Å². The van der Waals surface area contributed by atoms with Gasteiger partial charge in [0, 0.05) is 13.1 Å². The molecule has 0 fully saturated rings. The Hall–Kier alpha value is -2.61. The molecule has 0 saturated heterocycles. The Kier molecular flexibility index (Phi) is 6.64. The third-order valence-corrected chi connectivity index (χ3v) is 4.52. The SMILES string of the molecule is CCCn1nnnc1NCc1cc(Br)c(OCc2ccccc2)c(OC)c1. The van der Waals surface area contributed by atoms with Gasteiger partial charge in [-0.25, -0.2) is 4.68 Å². The van der Waals surface area contributed by atoms with E-state index in [9.17, 15) is 0 Å². The maximum absolute atomic E-state index is 5.97. The quantitative estimate of drug-likeness (QED) is 0.550. The Labute approximate surface area is 166 Å². The lowest BCUT2D eigenvalue weighted by molar-refractivity contribution is 0.282. The van der Waals surface area contributed by atoms with Gasteiger partial charge in [-0.2, -0.15) is 0 Å². The van der Waals surface area contributed by atoms with Crippen molar-refractivity contribution < 1.29 is 9.47 Å². The summed E-state index contributed by atoms with van der Waals surface area (Å²) in [4.78, 5) is 0. The lowest BCUT2D eigenvalue weighted by Gasteiger charge is -2.15. The van der Waals surface area contributed by atoms with Gasteiger partial charge in [0.25, 0.3) is 0 Å². The first-order chi connectivity index (χ1) is 13.2. The number of hydrogen-bond acceptors (Lipinski definition) is 6. The molecule has 7 nitrogen and oxygen atoms in total. The minimum absolute atomic E-state index is 0.471. The smallest absolute Gasteiger partial charge is 0.243 e. The van der Waals surface area contributed by atoms with E-state index < -0.39 is 0 Å². The Bertz CT molecular complexity index is 870. The van der Waals surface area contributed by atoms with Crippen LogP contribution in [0.3, 0.4) is 0 Å². The molecular weight excluding hydrogens is 410 g/mol. The summed E-state index contributed by atoms with van der Waals surface area (Å²) in [6, 6.07) is 14.0. The molecule has 3 aromatic rings. The first-order valence-corrected chi connectivity index (χ1v) is 9.53. The fourth-order valence-corrected chi connectivity index (χ4v) is 3.22. The first-order valence-electron chi connectivity index (χ1n) is 8.74. The number of anilines is 1. The molecule has 0 saturated carbocycles. The Balaban J connectivity index is 1.70. The first kappa shape index (κ1) is 19.2. The van der Waals surface area contributed by atoms with Crippen LogP contribution in [0.25, 0.3) is 0 Å².